The van der Waals surface area contributed by atoms with Gasteiger partial charge in [-0.15, -0.1) is 0 Å². The van der Waals surface area contributed by atoms with Crippen LogP contribution in [0.3, 0.4) is 0 Å². The Morgan fingerprint density at radius 3 is 2.90 bits per heavy atom. The standard InChI is InChI=1S/C15H19BrN2O3/c1-10-2-3-11(16)8-13(10)18-14(19)17-12-4-5-15(9-12)20-6-7-21-15/h2-3,8,12H,4-7,9H2,1H3,(H2,17,18,19)/t12-/m0/s1. The van der Waals surface area contributed by atoms with Crippen LogP contribution in [-0.4, -0.2) is 31.1 Å². The number of halogens is 1. The second kappa shape index (κ2) is 5.94. The Balaban J connectivity index is 1.56. The Hall–Kier alpha value is -1.11. The quantitative estimate of drug-likeness (QED) is 0.857. The van der Waals surface area contributed by atoms with Gasteiger partial charge in [-0.25, -0.2) is 4.79 Å². The maximum atomic E-state index is 12.1. The highest BCUT2D eigenvalue weighted by Gasteiger charge is 2.44. The molecule has 2 amide bonds. The number of amides is 2. The second-order valence-electron chi connectivity index (χ2n) is 5.61. The molecule has 1 aliphatic carbocycles. The number of urea groups is 1. The van der Waals surface area contributed by atoms with Crippen LogP contribution in [0.15, 0.2) is 22.7 Å². The average molecular weight is 355 g/mol. The van der Waals surface area contributed by atoms with Crippen molar-refractivity contribution in [3.63, 3.8) is 0 Å². The molecule has 1 spiro atoms. The van der Waals surface area contributed by atoms with Crippen LogP contribution in [0.5, 0.6) is 0 Å². The fraction of sp³-hybridized carbons (Fsp3) is 0.533. The summed E-state index contributed by atoms with van der Waals surface area (Å²) in [5.74, 6) is -0.455. The lowest BCUT2D eigenvalue weighted by molar-refractivity contribution is -0.151. The van der Waals surface area contributed by atoms with Crippen LogP contribution in [0.1, 0.15) is 24.8 Å². The first-order chi connectivity index (χ1) is 10.1. The molecule has 1 atom stereocenters. The molecule has 3 rings (SSSR count). The SMILES string of the molecule is Cc1ccc(Br)cc1NC(=O)N[C@H]1CCC2(C1)OCCO2. The maximum Gasteiger partial charge on any atom is 0.319 e. The van der Waals surface area contributed by atoms with Gasteiger partial charge >= 0.3 is 6.03 Å². The maximum absolute atomic E-state index is 12.1. The van der Waals surface area contributed by atoms with Crippen molar-refractivity contribution in [1.82, 2.24) is 5.32 Å². The molecule has 1 aliphatic heterocycles. The average Bonchev–Trinajstić information content (AvgIpc) is 3.05. The summed E-state index contributed by atoms with van der Waals surface area (Å²) in [6, 6.07) is 5.72. The molecule has 1 aromatic rings. The minimum Gasteiger partial charge on any atom is -0.347 e. The van der Waals surface area contributed by atoms with Gasteiger partial charge in [-0.1, -0.05) is 22.0 Å². The monoisotopic (exact) mass is 354 g/mol. The molecule has 6 heteroatoms. The summed E-state index contributed by atoms with van der Waals surface area (Å²) in [6.45, 7) is 3.26. The summed E-state index contributed by atoms with van der Waals surface area (Å²) in [5.41, 5.74) is 1.83. The summed E-state index contributed by atoms with van der Waals surface area (Å²) in [4.78, 5) is 12.1. The molecule has 5 nitrogen and oxygen atoms in total. The molecule has 1 saturated heterocycles. The third kappa shape index (κ3) is 3.39. The minimum absolute atomic E-state index is 0.0931. The van der Waals surface area contributed by atoms with E-state index in [0.717, 1.165) is 35.0 Å². The number of hydrogen-bond donors (Lipinski definition) is 2. The van der Waals surface area contributed by atoms with E-state index in [1.165, 1.54) is 0 Å². The van der Waals surface area contributed by atoms with E-state index in [2.05, 4.69) is 26.6 Å². The topological polar surface area (TPSA) is 59.6 Å². The molecule has 0 bridgehead atoms. The number of anilines is 1. The second-order valence-corrected chi connectivity index (χ2v) is 6.52. The normalized spacial score (nSPS) is 23.4. The Labute approximate surface area is 132 Å². The minimum atomic E-state index is -0.455. The van der Waals surface area contributed by atoms with E-state index < -0.39 is 5.79 Å². The van der Waals surface area contributed by atoms with Gasteiger partial charge in [-0.3, -0.25) is 0 Å². The third-order valence-electron chi connectivity index (χ3n) is 4.03. The van der Waals surface area contributed by atoms with Crippen molar-refractivity contribution in [2.75, 3.05) is 18.5 Å². The predicted octanol–water partition coefficient (Wildman–Crippen LogP) is 3.17. The molecule has 114 valence electrons. The van der Waals surface area contributed by atoms with E-state index in [0.29, 0.717) is 13.2 Å². The van der Waals surface area contributed by atoms with Crippen molar-refractivity contribution in [3.8, 4) is 0 Å². The van der Waals surface area contributed by atoms with Crippen LogP contribution >= 0.6 is 15.9 Å². The first kappa shape index (κ1) is 14.8. The Kier molecular flexibility index (Phi) is 4.19. The lowest BCUT2D eigenvalue weighted by Gasteiger charge is -2.21. The summed E-state index contributed by atoms with van der Waals surface area (Å²) in [5, 5.41) is 5.90. The van der Waals surface area contributed by atoms with E-state index in [1.54, 1.807) is 0 Å². The molecule has 2 fully saturated rings. The molecule has 0 unspecified atom stereocenters. The first-order valence-electron chi connectivity index (χ1n) is 7.18. The number of rotatable bonds is 2. The highest BCUT2D eigenvalue weighted by atomic mass is 79.9. The Morgan fingerprint density at radius 1 is 1.38 bits per heavy atom. The molecule has 0 aromatic heterocycles. The van der Waals surface area contributed by atoms with Gasteiger partial charge in [0.05, 0.1) is 13.2 Å². The van der Waals surface area contributed by atoms with Gasteiger partial charge in [0, 0.05) is 29.0 Å². The lowest BCUT2D eigenvalue weighted by atomic mass is 10.2. The zero-order chi connectivity index (χ0) is 14.9. The number of carbonyl (C=O) groups excluding carboxylic acids is 1. The summed E-state index contributed by atoms with van der Waals surface area (Å²) < 4.78 is 12.3. The Morgan fingerprint density at radius 2 is 2.14 bits per heavy atom. The summed E-state index contributed by atoms with van der Waals surface area (Å²) >= 11 is 3.41. The van der Waals surface area contributed by atoms with Gasteiger partial charge in [0.1, 0.15) is 0 Å². The Bertz CT molecular complexity index is 544. The number of nitrogens with one attached hydrogen (secondary N) is 2. The number of benzene rings is 1. The van der Waals surface area contributed by atoms with E-state index in [4.69, 9.17) is 9.47 Å². The number of aryl methyl sites for hydroxylation is 1. The van der Waals surface area contributed by atoms with Crippen LogP contribution < -0.4 is 10.6 Å². The van der Waals surface area contributed by atoms with E-state index >= 15 is 0 Å². The van der Waals surface area contributed by atoms with Crippen LogP contribution in [0.2, 0.25) is 0 Å². The molecule has 1 saturated carbocycles. The van der Waals surface area contributed by atoms with Gasteiger partial charge in [0.15, 0.2) is 5.79 Å². The summed E-state index contributed by atoms with van der Waals surface area (Å²) in [7, 11) is 0. The molecule has 21 heavy (non-hydrogen) atoms. The molecule has 1 heterocycles. The first-order valence-corrected chi connectivity index (χ1v) is 7.97. The molecule has 2 N–H and O–H groups in total. The van der Waals surface area contributed by atoms with Crippen molar-refractivity contribution in [2.45, 2.75) is 38.0 Å². The fourth-order valence-electron chi connectivity index (χ4n) is 2.93. The van der Waals surface area contributed by atoms with E-state index in [-0.39, 0.29) is 12.1 Å². The van der Waals surface area contributed by atoms with Crippen LogP contribution in [0.4, 0.5) is 10.5 Å². The molecule has 0 radical (unpaired) electrons. The van der Waals surface area contributed by atoms with Crippen LogP contribution in [-0.2, 0) is 9.47 Å². The zero-order valence-electron chi connectivity index (χ0n) is 11.9. The number of ether oxygens (including phenoxy) is 2. The number of hydrogen-bond acceptors (Lipinski definition) is 3. The fourth-order valence-corrected chi connectivity index (χ4v) is 3.29. The number of carbonyl (C=O) groups is 1. The van der Waals surface area contributed by atoms with Crippen molar-refractivity contribution in [1.29, 1.82) is 0 Å². The predicted molar refractivity (Wildman–Crippen MR) is 83.3 cm³/mol. The van der Waals surface area contributed by atoms with Gasteiger partial charge in [0.2, 0.25) is 0 Å². The van der Waals surface area contributed by atoms with E-state index in [1.807, 2.05) is 25.1 Å². The van der Waals surface area contributed by atoms with Gasteiger partial charge < -0.3 is 20.1 Å². The van der Waals surface area contributed by atoms with E-state index in [9.17, 15) is 4.79 Å². The van der Waals surface area contributed by atoms with Gasteiger partial charge in [-0.05, 0) is 31.0 Å². The van der Waals surface area contributed by atoms with Crippen molar-refractivity contribution in [2.24, 2.45) is 0 Å². The van der Waals surface area contributed by atoms with Gasteiger partial charge in [-0.2, -0.15) is 0 Å². The molecular weight excluding hydrogens is 336 g/mol. The largest absolute Gasteiger partial charge is 0.347 e. The van der Waals surface area contributed by atoms with Crippen molar-refractivity contribution >= 4 is 27.6 Å². The van der Waals surface area contributed by atoms with Crippen molar-refractivity contribution < 1.29 is 14.3 Å². The smallest absolute Gasteiger partial charge is 0.319 e. The summed E-state index contributed by atoms with van der Waals surface area (Å²) in [6.07, 6.45) is 2.44. The molecule has 2 aliphatic rings. The zero-order valence-corrected chi connectivity index (χ0v) is 13.5. The lowest BCUT2D eigenvalue weighted by Crippen LogP contribution is -2.38. The van der Waals surface area contributed by atoms with Crippen molar-refractivity contribution in [3.05, 3.63) is 28.2 Å². The highest BCUT2D eigenvalue weighted by Crippen LogP contribution is 2.37. The van der Waals surface area contributed by atoms with Crippen LogP contribution in [0.25, 0.3) is 0 Å². The van der Waals surface area contributed by atoms with Gasteiger partial charge in [0.25, 0.3) is 0 Å². The molecular formula is C15H19BrN2O3. The van der Waals surface area contributed by atoms with Crippen LogP contribution in [0, 0.1) is 6.92 Å². The molecule has 1 aromatic carbocycles. The highest BCUT2D eigenvalue weighted by molar-refractivity contribution is 9.10. The third-order valence-corrected chi connectivity index (χ3v) is 4.52.